The molecular formula is C14H20ClFN2O2. The molecule has 1 fully saturated rings. The third-order valence-corrected chi connectivity index (χ3v) is 4.08. The molecule has 0 saturated carbocycles. The molecule has 1 saturated heterocycles. The van der Waals surface area contributed by atoms with E-state index in [1.807, 2.05) is 6.92 Å². The number of hydrazine groups is 1. The highest BCUT2D eigenvalue weighted by Gasteiger charge is 2.42. The van der Waals surface area contributed by atoms with Crippen LogP contribution in [0.2, 0.25) is 5.02 Å². The molecule has 1 aliphatic rings. The summed E-state index contributed by atoms with van der Waals surface area (Å²) in [6.45, 7) is 3.65. The summed E-state index contributed by atoms with van der Waals surface area (Å²) >= 11 is 6.20. The maximum atomic E-state index is 13.5. The summed E-state index contributed by atoms with van der Waals surface area (Å²) < 4.78 is 24.9. The number of nitrogens with one attached hydrogen (secondary N) is 1. The molecule has 0 amide bonds. The van der Waals surface area contributed by atoms with Crippen molar-refractivity contribution < 1.29 is 13.9 Å². The fourth-order valence-electron chi connectivity index (χ4n) is 2.78. The normalized spacial score (nSPS) is 19.8. The summed E-state index contributed by atoms with van der Waals surface area (Å²) in [6, 6.07) is 3.89. The first-order valence-corrected chi connectivity index (χ1v) is 7.13. The molecule has 6 heteroatoms. The van der Waals surface area contributed by atoms with Crippen LogP contribution in [0.3, 0.4) is 0 Å². The molecule has 0 aromatic heterocycles. The van der Waals surface area contributed by atoms with Crippen molar-refractivity contribution in [2.24, 2.45) is 5.84 Å². The fraction of sp³-hybridized carbons (Fsp3) is 0.571. The lowest BCUT2D eigenvalue weighted by molar-refractivity contribution is -0.128. The Morgan fingerprint density at radius 1 is 1.50 bits per heavy atom. The topological polar surface area (TPSA) is 56.5 Å². The molecule has 1 heterocycles. The standard InChI is InChI=1S/C14H20ClFN2O2/c1-2-20-14(5-7-19-8-6-14)13(18-17)11-9-10(16)3-4-12(11)15/h3-4,9,13,18H,2,5-8,17H2,1H3. The predicted molar refractivity (Wildman–Crippen MR) is 75.9 cm³/mol. The van der Waals surface area contributed by atoms with Gasteiger partial charge in [-0.15, -0.1) is 0 Å². The van der Waals surface area contributed by atoms with Crippen molar-refractivity contribution in [1.82, 2.24) is 5.43 Å². The van der Waals surface area contributed by atoms with Crippen molar-refractivity contribution in [3.63, 3.8) is 0 Å². The van der Waals surface area contributed by atoms with Crippen LogP contribution >= 0.6 is 11.6 Å². The van der Waals surface area contributed by atoms with E-state index in [-0.39, 0.29) is 11.9 Å². The third-order valence-electron chi connectivity index (χ3n) is 3.73. The Hall–Kier alpha value is -0.720. The maximum absolute atomic E-state index is 13.5. The zero-order chi connectivity index (χ0) is 14.6. The zero-order valence-electron chi connectivity index (χ0n) is 11.5. The minimum Gasteiger partial charge on any atom is -0.381 e. The monoisotopic (exact) mass is 302 g/mol. The summed E-state index contributed by atoms with van der Waals surface area (Å²) in [6.07, 6.45) is 1.37. The molecule has 0 spiro atoms. The van der Waals surface area contributed by atoms with Gasteiger partial charge in [0, 0.05) is 37.7 Å². The number of rotatable bonds is 5. The number of ether oxygens (including phenoxy) is 2. The van der Waals surface area contributed by atoms with E-state index < -0.39 is 5.60 Å². The Bertz CT molecular complexity index is 447. The lowest BCUT2D eigenvalue weighted by atomic mass is 9.82. The lowest BCUT2D eigenvalue weighted by Crippen LogP contribution is -2.51. The number of halogens is 2. The number of nitrogens with two attached hydrogens (primary N) is 1. The summed E-state index contributed by atoms with van der Waals surface area (Å²) in [5, 5.41) is 0.472. The van der Waals surface area contributed by atoms with E-state index in [1.165, 1.54) is 18.2 Å². The minimum absolute atomic E-state index is 0.344. The first-order valence-electron chi connectivity index (χ1n) is 6.76. The predicted octanol–water partition coefficient (Wildman–Crippen LogP) is 2.57. The van der Waals surface area contributed by atoms with Crippen molar-refractivity contribution in [1.29, 1.82) is 0 Å². The molecule has 0 aliphatic carbocycles. The summed E-state index contributed by atoms with van der Waals surface area (Å²) in [5.74, 6) is 5.37. The molecule has 1 aromatic carbocycles. The van der Waals surface area contributed by atoms with Crippen LogP contribution in [-0.4, -0.2) is 25.4 Å². The second-order valence-corrected chi connectivity index (χ2v) is 5.28. The molecule has 1 unspecified atom stereocenters. The van der Waals surface area contributed by atoms with Gasteiger partial charge >= 0.3 is 0 Å². The Kier molecular flexibility index (Phi) is 5.35. The Morgan fingerprint density at radius 2 is 2.20 bits per heavy atom. The van der Waals surface area contributed by atoms with E-state index >= 15 is 0 Å². The van der Waals surface area contributed by atoms with Gasteiger partial charge in [0.15, 0.2) is 0 Å². The van der Waals surface area contributed by atoms with Crippen LogP contribution in [-0.2, 0) is 9.47 Å². The van der Waals surface area contributed by atoms with Crippen LogP contribution in [0.15, 0.2) is 18.2 Å². The van der Waals surface area contributed by atoms with Crippen molar-refractivity contribution in [3.05, 3.63) is 34.6 Å². The quantitative estimate of drug-likeness (QED) is 0.648. The van der Waals surface area contributed by atoms with Gasteiger partial charge in [0.25, 0.3) is 0 Å². The molecule has 0 radical (unpaired) electrons. The number of hydrogen-bond donors (Lipinski definition) is 2. The van der Waals surface area contributed by atoms with Crippen LogP contribution < -0.4 is 11.3 Å². The van der Waals surface area contributed by atoms with Gasteiger partial charge < -0.3 is 9.47 Å². The highest BCUT2D eigenvalue weighted by atomic mass is 35.5. The first-order chi connectivity index (χ1) is 9.63. The molecule has 0 bridgehead atoms. The van der Waals surface area contributed by atoms with E-state index in [1.54, 1.807) is 0 Å². The smallest absolute Gasteiger partial charge is 0.123 e. The van der Waals surface area contributed by atoms with Gasteiger partial charge in [0.2, 0.25) is 0 Å². The van der Waals surface area contributed by atoms with Crippen molar-refractivity contribution in [2.45, 2.75) is 31.4 Å². The van der Waals surface area contributed by atoms with Gasteiger partial charge in [-0.3, -0.25) is 11.3 Å². The van der Waals surface area contributed by atoms with Crippen molar-refractivity contribution in [3.8, 4) is 0 Å². The van der Waals surface area contributed by atoms with Gasteiger partial charge in [-0.25, -0.2) is 4.39 Å². The van der Waals surface area contributed by atoms with Crippen LogP contribution in [0.5, 0.6) is 0 Å². The first kappa shape index (κ1) is 15.7. The lowest BCUT2D eigenvalue weighted by Gasteiger charge is -2.43. The molecule has 2 rings (SSSR count). The van der Waals surface area contributed by atoms with Crippen LogP contribution in [0.25, 0.3) is 0 Å². The van der Waals surface area contributed by atoms with Gasteiger partial charge in [-0.05, 0) is 30.7 Å². The van der Waals surface area contributed by atoms with Crippen LogP contribution in [0, 0.1) is 5.82 Å². The van der Waals surface area contributed by atoms with Gasteiger partial charge in [-0.1, -0.05) is 11.6 Å². The largest absolute Gasteiger partial charge is 0.381 e. The van der Waals surface area contributed by atoms with E-state index in [9.17, 15) is 4.39 Å². The average molecular weight is 303 g/mol. The van der Waals surface area contributed by atoms with Gasteiger partial charge in [0.05, 0.1) is 11.6 Å². The summed E-state index contributed by atoms with van der Waals surface area (Å²) in [5.41, 5.74) is 2.84. The number of hydrogen-bond acceptors (Lipinski definition) is 4. The molecule has 1 aliphatic heterocycles. The molecule has 1 aromatic rings. The summed E-state index contributed by atoms with van der Waals surface area (Å²) in [7, 11) is 0. The Labute approximate surface area is 123 Å². The van der Waals surface area contributed by atoms with E-state index in [0.29, 0.717) is 43.2 Å². The highest BCUT2D eigenvalue weighted by molar-refractivity contribution is 6.31. The van der Waals surface area contributed by atoms with Crippen molar-refractivity contribution in [2.75, 3.05) is 19.8 Å². The molecule has 3 N–H and O–H groups in total. The molecular weight excluding hydrogens is 283 g/mol. The molecule has 20 heavy (non-hydrogen) atoms. The van der Waals surface area contributed by atoms with Gasteiger partial charge in [0.1, 0.15) is 5.82 Å². The molecule has 1 atom stereocenters. The van der Waals surface area contributed by atoms with Crippen molar-refractivity contribution >= 4 is 11.6 Å². The van der Waals surface area contributed by atoms with E-state index in [2.05, 4.69) is 5.43 Å². The number of benzene rings is 1. The van der Waals surface area contributed by atoms with E-state index in [0.717, 1.165) is 0 Å². The SMILES string of the molecule is CCOC1(C(NN)c2cc(F)ccc2Cl)CCOCC1. The highest BCUT2D eigenvalue weighted by Crippen LogP contribution is 2.39. The zero-order valence-corrected chi connectivity index (χ0v) is 12.3. The Balaban J connectivity index is 2.39. The maximum Gasteiger partial charge on any atom is 0.123 e. The fourth-order valence-corrected chi connectivity index (χ4v) is 3.01. The Morgan fingerprint density at radius 3 is 2.80 bits per heavy atom. The van der Waals surface area contributed by atoms with Gasteiger partial charge in [-0.2, -0.15) is 0 Å². The van der Waals surface area contributed by atoms with Crippen LogP contribution in [0.1, 0.15) is 31.4 Å². The van der Waals surface area contributed by atoms with Crippen LogP contribution in [0.4, 0.5) is 4.39 Å². The third kappa shape index (κ3) is 3.13. The second-order valence-electron chi connectivity index (χ2n) is 4.88. The molecule has 4 nitrogen and oxygen atoms in total. The molecule has 112 valence electrons. The summed E-state index contributed by atoms with van der Waals surface area (Å²) in [4.78, 5) is 0. The van der Waals surface area contributed by atoms with E-state index in [4.69, 9.17) is 26.9 Å². The average Bonchev–Trinajstić information content (AvgIpc) is 2.45. The minimum atomic E-state index is -0.529. The second kappa shape index (κ2) is 6.83.